The first kappa shape index (κ1) is 11.8. The molecule has 0 spiro atoms. The first-order valence-electron chi connectivity index (χ1n) is 5.34. The summed E-state index contributed by atoms with van der Waals surface area (Å²) in [6.07, 6.45) is 2.80. The quantitative estimate of drug-likeness (QED) is 0.761. The molecule has 1 aromatic heterocycles. The first-order valence-corrected chi connectivity index (χ1v) is 5.34. The number of nitrogens with zero attached hydrogens (tertiary/aromatic N) is 1. The summed E-state index contributed by atoms with van der Waals surface area (Å²) < 4.78 is 1.71. The number of aryl methyl sites for hydroxylation is 1. The predicted octanol–water partition coefficient (Wildman–Crippen LogP) is 1.02. The molecule has 4 nitrogen and oxygen atoms in total. The minimum atomic E-state index is 0.0443. The van der Waals surface area contributed by atoms with Gasteiger partial charge >= 0.3 is 0 Å². The topological polar surface area (TPSA) is 60.1 Å². The summed E-state index contributed by atoms with van der Waals surface area (Å²) in [7, 11) is 0. The highest BCUT2D eigenvalue weighted by atomic mass is 16.1. The van der Waals surface area contributed by atoms with Gasteiger partial charge in [-0.15, -0.1) is 0 Å². The molecule has 0 bridgehead atoms. The third kappa shape index (κ3) is 3.40. The Morgan fingerprint density at radius 3 is 2.87 bits per heavy atom. The molecule has 1 unspecified atom stereocenters. The van der Waals surface area contributed by atoms with Crippen LogP contribution in [0.3, 0.4) is 0 Å². The van der Waals surface area contributed by atoms with E-state index in [2.05, 4.69) is 12.2 Å². The van der Waals surface area contributed by atoms with E-state index in [-0.39, 0.29) is 11.6 Å². The maximum atomic E-state index is 11.4. The molecule has 15 heavy (non-hydrogen) atoms. The molecule has 0 saturated carbocycles. The number of pyridine rings is 1. The van der Waals surface area contributed by atoms with Gasteiger partial charge in [0.25, 0.3) is 5.56 Å². The van der Waals surface area contributed by atoms with Gasteiger partial charge in [-0.1, -0.05) is 6.92 Å². The van der Waals surface area contributed by atoms with Crippen LogP contribution in [0, 0.1) is 0 Å². The van der Waals surface area contributed by atoms with Crippen molar-refractivity contribution in [1.82, 2.24) is 4.57 Å². The largest absolute Gasteiger partial charge is 0.380 e. The van der Waals surface area contributed by atoms with E-state index in [1.807, 2.05) is 13.1 Å². The van der Waals surface area contributed by atoms with Crippen molar-refractivity contribution in [3.63, 3.8) is 0 Å². The van der Waals surface area contributed by atoms with Crippen LogP contribution < -0.4 is 16.6 Å². The Hall–Kier alpha value is -1.29. The van der Waals surface area contributed by atoms with E-state index in [0.717, 1.165) is 18.7 Å². The monoisotopic (exact) mass is 209 g/mol. The first-order chi connectivity index (χ1) is 7.17. The van der Waals surface area contributed by atoms with Crippen molar-refractivity contribution in [2.45, 2.75) is 32.9 Å². The fourth-order valence-electron chi connectivity index (χ4n) is 1.38. The molecule has 0 aliphatic heterocycles. The molecule has 3 N–H and O–H groups in total. The normalized spacial score (nSPS) is 12.5. The molecule has 0 fully saturated rings. The molecule has 0 aliphatic carbocycles. The van der Waals surface area contributed by atoms with Gasteiger partial charge in [0.1, 0.15) is 0 Å². The standard InChI is InChI=1S/C11H19N3O/c1-3-6-14-8-10(4-5-11(14)15)13-9(2)7-12/h4-5,8-9,13H,3,6-7,12H2,1-2H3. The third-order valence-corrected chi connectivity index (χ3v) is 2.21. The summed E-state index contributed by atoms with van der Waals surface area (Å²) in [6.45, 7) is 5.39. The van der Waals surface area contributed by atoms with Crippen LogP contribution in [0.25, 0.3) is 0 Å². The van der Waals surface area contributed by atoms with E-state index in [1.165, 1.54) is 0 Å². The van der Waals surface area contributed by atoms with Gasteiger partial charge in [-0.2, -0.15) is 0 Å². The van der Waals surface area contributed by atoms with Gasteiger partial charge in [-0.25, -0.2) is 0 Å². The maximum Gasteiger partial charge on any atom is 0.250 e. The van der Waals surface area contributed by atoms with Crippen molar-refractivity contribution < 1.29 is 0 Å². The van der Waals surface area contributed by atoms with Gasteiger partial charge in [0.05, 0.1) is 5.69 Å². The minimum Gasteiger partial charge on any atom is -0.380 e. The van der Waals surface area contributed by atoms with Gasteiger partial charge < -0.3 is 15.6 Å². The fourth-order valence-corrected chi connectivity index (χ4v) is 1.38. The van der Waals surface area contributed by atoms with Crippen LogP contribution in [0.5, 0.6) is 0 Å². The Morgan fingerprint density at radius 2 is 2.27 bits per heavy atom. The molecule has 4 heteroatoms. The Bertz CT molecular complexity index is 359. The molecule has 0 saturated heterocycles. The minimum absolute atomic E-state index is 0.0443. The third-order valence-electron chi connectivity index (χ3n) is 2.21. The lowest BCUT2D eigenvalue weighted by atomic mass is 10.3. The second-order valence-electron chi connectivity index (χ2n) is 3.73. The number of aromatic nitrogens is 1. The summed E-state index contributed by atoms with van der Waals surface area (Å²) in [5.41, 5.74) is 6.51. The Kier molecular flexibility index (Phi) is 4.37. The Balaban J connectivity index is 2.82. The van der Waals surface area contributed by atoms with Crippen molar-refractivity contribution in [3.8, 4) is 0 Å². The SMILES string of the molecule is CCCn1cc(NC(C)CN)ccc1=O. The lowest BCUT2D eigenvalue weighted by Gasteiger charge is -2.14. The van der Waals surface area contributed by atoms with E-state index in [1.54, 1.807) is 16.7 Å². The molecular formula is C11H19N3O. The smallest absolute Gasteiger partial charge is 0.250 e. The van der Waals surface area contributed by atoms with Crippen LogP contribution in [-0.4, -0.2) is 17.2 Å². The average Bonchev–Trinajstić information content (AvgIpc) is 2.23. The number of nitrogens with one attached hydrogen (secondary N) is 1. The van der Waals surface area contributed by atoms with Crippen molar-refractivity contribution in [1.29, 1.82) is 0 Å². The van der Waals surface area contributed by atoms with Crippen LogP contribution in [0.2, 0.25) is 0 Å². The lowest BCUT2D eigenvalue weighted by molar-refractivity contribution is 0.653. The van der Waals surface area contributed by atoms with Crippen LogP contribution in [0.15, 0.2) is 23.1 Å². The van der Waals surface area contributed by atoms with E-state index in [9.17, 15) is 4.79 Å². The Morgan fingerprint density at radius 1 is 1.53 bits per heavy atom. The number of hydrogen-bond acceptors (Lipinski definition) is 3. The number of anilines is 1. The summed E-state index contributed by atoms with van der Waals surface area (Å²) in [5.74, 6) is 0. The highest BCUT2D eigenvalue weighted by molar-refractivity contribution is 5.41. The number of nitrogens with two attached hydrogens (primary N) is 1. The average molecular weight is 209 g/mol. The molecule has 84 valence electrons. The van der Waals surface area contributed by atoms with E-state index in [4.69, 9.17) is 5.73 Å². The fraction of sp³-hybridized carbons (Fsp3) is 0.545. The van der Waals surface area contributed by atoms with Gasteiger partial charge in [0.15, 0.2) is 0 Å². The zero-order chi connectivity index (χ0) is 11.3. The summed E-state index contributed by atoms with van der Waals surface area (Å²) in [5, 5.41) is 3.23. The van der Waals surface area contributed by atoms with E-state index in [0.29, 0.717) is 6.54 Å². The lowest BCUT2D eigenvalue weighted by Crippen LogP contribution is -2.26. The molecule has 0 aromatic carbocycles. The summed E-state index contributed by atoms with van der Waals surface area (Å²) in [4.78, 5) is 11.4. The molecular weight excluding hydrogens is 190 g/mol. The summed E-state index contributed by atoms with van der Waals surface area (Å²) >= 11 is 0. The zero-order valence-electron chi connectivity index (χ0n) is 9.36. The van der Waals surface area contributed by atoms with Crippen molar-refractivity contribution in [3.05, 3.63) is 28.7 Å². The summed E-state index contributed by atoms with van der Waals surface area (Å²) in [6, 6.07) is 3.60. The van der Waals surface area contributed by atoms with Gasteiger partial charge in [-0.05, 0) is 19.4 Å². The van der Waals surface area contributed by atoms with Gasteiger partial charge in [-0.3, -0.25) is 4.79 Å². The van der Waals surface area contributed by atoms with Crippen LogP contribution in [0.1, 0.15) is 20.3 Å². The number of hydrogen-bond donors (Lipinski definition) is 2. The zero-order valence-corrected chi connectivity index (χ0v) is 9.36. The molecule has 1 rings (SSSR count). The molecule has 1 heterocycles. The van der Waals surface area contributed by atoms with E-state index < -0.39 is 0 Å². The predicted molar refractivity (Wildman–Crippen MR) is 63.1 cm³/mol. The Labute approximate surface area is 90.1 Å². The highest BCUT2D eigenvalue weighted by Gasteiger charge is 2.01. The molecule has 1 aromatic rings. The van der Waals surface area contributed by atoms with Gasteiger partial charge in [0.2, 0.25) is 0 Å². The van der Waals surface area contributed by atoms with Crippen molar-refractivity contribution >= 4 is 5.69 Å². The second-order valence-corrected chi connectivity index (χ2v) is 3.73. The molecule has 0 aliphatic rings. The highest BCUT2D eigenvalue weighted by Crippen LogP contribution is 2.05. The van der Waals surface area contributed by atoms with Crippen molar-refractivity contribution in [2.75, 3.05) is 11.9 Å². The van der Waals surface area contributed by atoms with Crippen molar-refractivity contribution in [2.24, 2.45) is 5.73 Å². The molecule has 1 atom stereocenters. The number of rotatable bonds is 5. The molecule has 0 radical (unpaired) electrons. The van der Waals surface area contributed by atoms with Gasteiger partial charge in [0, 0.05) is 31.4 Å². The van der Waals surface area contributed by atoms with Crippen LogP contribution in [0.4, 0.5) is 5.69 Å². The van der Waals surface area contributed by atoms with E-state index >= 15 is 0 Å². The van der Waals surface area contributed by atoms with Crippen LogP contribution in [-0.2, 0) is 6.54 Å². The molecule has 0 amide bonds. The second kappa shape index (κ2) is 5.56. The van der Waals surface area contributed by atoms with Crippen LogP contribution >= 0.6 is 0 Å². The maximum absolute atomic E-state index is 11.4.